The molecule has 1 fully saturated rings. The topological polar surface area (TPSA) is 78.5 Å². The quantitative estimate of drug-likeness (QED) is 0.738. The molecular formula is C23H25N3O3S. The molecule has 0 bridgehead atoms. The maximum atomic E-state index is 13.1. The first-order chi connectivity index (χ1) is 14.5. The summed E-state index contributed by atoms with van der Waals surface area (Å²) in [5.41, 5.74) is 2.68. The number of benzene rings is 2. The van der Waals surface area contributed by atoms with Crippen molar-refractivity contribution in [3.8, 4) is 0 Å². The lowest BCUT2D eigenvalue weighted by molar-refractivity contribution is -0.136. The molecule has 6 nitrogen and oxygen atoms in total. The van der Waals surface area contributed by atoms with Crippen LogP contribution in [-0.4, -0.2) is 41.0 Å². The van der Waals surface area contributed by atoms with E-state index in [1.165, 1.54) is 11.8 Å². The average molecular weight is 424 g/mol. The Hall–Kier alpha value is -2.80. The van der Waals surface area contributed by atoms with Crippen LogP contribution < -0.4 is 10.6 Å². The molecule has 1 saturated heterocycles. The molecule has 2 heterocycles. The van der Waals surface area contributed by atoms with Crippen molar-refractivity contribution in [1.29, 1.82) is 0 Å². The molecule has 0 aliphatic carbocycles. The Kier molecular flexibility index (Phi) is 6.08. The Labute approximate surface area is 180 Å². The third kappa shape index (κ3) is 4.36. The number of anilines is 2. The van der Waals surface area contributed by atoms with Crippen molar-refractivity contribution >= 4 is 40.9 Å². The molecule has 2 aliphatic heterocycles. The Morgan fingerprint density at radius 3 is 2.87 bits per heavy atom. The average Bonchev–Trinajstić information content (AvgIpc) is 2.78. The number of carbonyl (C=O) groups is 3. The summed E-state index contributed by atoms with van der Waals surface area (Å²) in [7, 11) is 0. The molecule has 30 heavy (non-hydrogen) atoms. The minimum Gasteiger partial charge on any atom is -0.340 e. The predicted molar refractivity (Wildman–Crippen MR) is 118 cm³/mol. The summed E-state index contributed by atoms with van der Waals surface area (Å²) in [4.78, 5) is 41.0. The maximum Gasteiger partial charge on any atom is 0.247 e. The molecule has 0 radical (unpaired) electrons. The van der Waals surface area contributed by atoms with Crippen LogP contribution in [0.3, 0.4) is 0 Å². The first-order valence-electron chi connectivity index (χ1n) is 10.3. The molecule has 2 aliphatic rings. The number of aryl methyl sites for hydroxylation is 1. The van der Waals surface area contributed by atoms with Gasteiger partial charge in [0, 0.05) is 23.7 Å². The second-order valence-electron chi connectivity index (χ2n) is 7.65. The number of hydrogen-bond acceptors (Lipinski definition) is 4. The zero-order chi connectivity index (χ0) is 21.1. The summed E-state index contributed by atoms with van der Waals surface area (Å²) in [5.74, 6) is -0.882. The summed E-state index contributed by atoms with van der Waals surface area (Å²) in [5, 5.41) is 4.99. The zero-order valence-electron chi connectivity index (χ0n) is 16.9. The molecule has 0 aromatic heterocycles. The molecule has 0 saturated carbocycles. The number of piperidine rings is 1. The first-order valence-corrected chi connectivity index (χ1v) is 11.2. The SMILES string of the molecule is CCc1cccc(NC(=O)[C@@H]2CCCN(C(=O)[C@H]3Sc4ccccc4NC3=O)C2)c1. The largest absolute Gasteiger partial charge is 0.340 e. The monoisotopic (exact) mass is 423 g/mol. The highest BCUT2D eigenvalue weighted by Gasteiger charge is 2.38. The van der Waals surface area contributed by atoms with Gasteiger partial charge in [-0.25, -0.2) is 0 Å². The number of hydrogen-bond donors (Lipinski definition) is 2. The molecule has 2 atom stereocenters. The molecule has 156 valence electrons. The highest BCUT2D eigenvalue weighted by atomic mass is 32.2. The number of rotatable bonds is 4. The van der Waals surface area contributed by atoms with E-state index in [1.54, 1.807) is 4.90 Å². The van der Waals surface area contributed by atoms with Gasteiger partial charge in [-0.15, -0.1) is 11.8 Å². The third-order valence-corrected chi connectivity index (χ3v) is 6.82. The van der Waals surface area contributed by atoms with Crippen molar-refractivity contribution in [3.63, 3.8) is 0 Å². The van der Waals surface area contributed by atoms with Gasteiger partial charge in [0.1, 0.15) is 0 Å². The Morgan fingerprint density at radius 2 is 2.03 bits per heavy atom. The molecule has 0 spiro atoms. The minimum atomic E-state index is -0.817. The first kappa shape index (κ1) is 20.5. The predicted octanol–water partition coefficient (Wildman–Crippen LogP) is 3.54. The minimum absolute atomic E-state index is 0.0770. The van der Waals surface area contributed by atoms with Crippen LogP contribution in [0.2, 0.25) is 0 Å². The van der Waals surface area contributed by atoms with Gasteiger partial charge in [0.2, 0.25) is 17.7 Å². The number of fused-ring (bicyclic) bond motifs is 1. The summed E-state index contributed by atoms with van der Waals surface area (Å²) < 4.78 is 0. The van der Waals surface area contributed by atoms with E-state index < -0.39 is 5.25 Å². The van der Waals surface area contributed by atoms with E-state index in [2.05, 4.69) is 17.6 Å². The third-order valence-electron chi connectivity index (χ3n) is 5.56. The summed E-state index contributed by atoms with van der Waals surface area (Å²) >= 11 is 1.28. The van der Waals surface area contributed by atoms with Gasteiger partial charge in [-0.05, 0) is 49.1 Å². The molecule has 2 aromatic carbocycles. The number of para-hydroxylation sites is 1. The molecule has 0 unspecified atom stereocenters. The number of likely N-dealkylation sites (tertiary alicyclic amines) is 1. The van der Waals surface area contributed by atoms with Gasteiger partial charge in [0.25, 0.3) is 0 Å². The van der Waals surface area contributed by atoms with Gasteiger partial charge in [-0.3, -0.25) is 14.4 Å². The van der Waals surface area contributed by atoms with Crippen LogP contribution in [0.5, 0.6) is 0 Å². The summed E-state index contributed by atoms with van der Waals surface area (Å²) in [6.07, 6.45) is 2.38. The van der Waals surface area contributed by atoms with Crippen LogP contribution in [-0.2, 0) is 20.8 Å². The Balaban J connectivity index is 1.41. The van der Waals surface area contributed by atoms with Crippen LogP contribution >= 0.6 is 11.8 Å². The summed E-state index contributed by atoms with van der Waals surface area (Å²) in [6, 6.07) is 15.3. The Morgan fingerprint density at radius 1 is 1.20 bits per heavy atom. The molecular weight excluding hydrogens is 398 g/mol. The zero-order valence-corrected chi connectivity index (χ0v) is 17.7. The van der Waals surface area contributed by atoms with Crippen LogP contribution in [0.15, 0.2) is 53.4 Å². The van der Waals surface area contributed by atoms with E-state index in [9.17, 15) is 14.4 Å². The summed E-state index contributed by atoms with van der Waals surface area (Å²) in [6.45, 7) is 2.98. The van der Waals surface area contributed by atoms with Crippen LogP contribution in [0, 0.1) is 5.92 Å². The number of carbonyl (C=O) groups excluding carboxylic acids is 3. The molecule has 7 heteroatoms. The van der Waals surface area contributed by atoms with E-state index in [0.717, 1.165) is 41.1 Å². The maximum absolute atomic E-state index is 13.1. The van der Waals surface area contributed by atoms with Gasteiger partial charge in [-0.1, -0.05) is 31.2 Å². The van der Waals surface area contributed by atoms with Gasteiger partial charge >= 0.3 is 0 Å². The van der Waals surface area contributed by atoms with Crippen LogP contribution in [0.1, 0.15) is 25.3 Å². The van der Waals surface area contributed by atoms with Gasteiger partial charge in [0.05, 0.1) is 11.6 Å². The van der Waals surface area contributed by atoms with Crippen molar-refractivity contribution < 1.29 is 14.4 Å². The Bertz CT molecular complexity index is 978. The van der Waals surface area contributed by atoms with Gasteiger partial charge < -0.3 is 15.5 Å². The number of nitrogens with zero attached hydrogens (tertiary/aromatic N) is 1. The standard InChI is InChI=1S/C23H25N3O3S/c1-2-15-7-5-9-17(13-15)24-21(27)16-8-6-12-26(14-16)23(29)20-22(28)25-18-10-3-4-11-19(18)30-20/h3-5,7,9-11,13,16,20H,2,6,8,12,14H2,1H3,(H,24,27)(H,25,28)/t16-,20+/m1/s1. The molecule has 2 N–H and O–H groups in total. The highest BCUT2D eigenvalue weighted by Crippen LogP contribution is 2.36. The highest BCUT2D eigenvalue weighted by molar-refractivity contribution is 8.01. The van der Waals surface area contributed by atoms with E-state index >= 15 is 0 Å². The fourth-order valence-electron chi connectivity index (χ4n) is 3.88. The van der Waals surface area contributed by atoms with E-state index in [4.69, 9.17) is 0 Å². The van der Waals surface area contributed by atoms with E-state index in [1.807, 2.05) is 48.5 Å². The van der Waals surface area contributed by atoms with Crippen molar-refractivity contribution in [3.05, 3.63) is 54.1 Å². The van der Waals surface area contributed by atoms with Crippen molar-refractivity contribution in [1.82, 2.24) is 4.90 Å². The second-order valence-corrected chi connectivity index (χ2v) is 8.80. The number of thioether (sulfide) groups is 1. The smallest absolute Gasteiger partial charge is 0.247 e. The lowest BCUT2D eigenvalue weighted by atomic mass is 9.96. The number of nitrogens with one attached hydrogen (secondary N) is 2. The van der Waals surface area contributed by atoms with Crippen LogP contribution in [0.25, 0.3) is 0 Å². The molecule has 2 aromatic rings. The number of amides is 3. The van der Waals surface area contributed by atoms with Crippen LogP contribution in [0.4, 0.5) is 11.4 Å². The lowest BCUT2D eigenvalue weighted by Crippen LogP contribution is -2.50. The van der Waals surface area contributed by atoms with Crippen molar-refractivity contribution in [2.75, 3.05) is 23.7 Å². The second kappa shape index (κ2) is 8.92. The lowest BCUT2D eigenvalue weighted by Gasteiger charge is -2.35. The molecule has 4 rings (SSSR count). The van der Waals surface area contributed by atoms with Crippen molar-refractivity contribution in [2.45, 2.75) is 36.3 Å². The van der Waals surface area contributed by atoms with Gasteiger partial charge in [0.15, 0.2) is 5.25 Å². The van der Waals surface area contributed by atoms with E-state index in [-0.39, 0.29) is 23.6 Å². The fraction of sp³-hybridized carbons (Fsp3) is 0.348. The van der Waals surface area contributed by atoms with Gasteiger partial charge in [-0.2, -0.15) is 0 Å². The fourth-order valence-corrected chi connectivity index (χ4v) is 4.96. The van der Waals surface area contributed by atoms with E-state index in [0.29, 0.717) is 13.1 Å². The van der Waals surface area contributed by atoms with Crippen molar-refractivity contribution in [2.24, 2.45) is 5.92 Å². The molecule has 3 amide bonds. The normalized spacial score (nSPS) is 20.8.